The molecule has 0 bridgehead atoms. The molecule has 0 aromatic heterocycles. The molecule has 0 saturated carbocycles. The van der Waals surface area contributed by atoms with Gasteiger partial charge in [-0.2, -0.15) is 4.89 Å². The Kier molecular flexibility index (Phi) is 4.81. The average Bonchev–Trinajstić information content (AvgIpc) is 1.86. The highest BCUT2D eigenvalue weighted by molar-refractivity contribution is 5.74. The third-order valence-corrected chi connectivity index (χ3v) is 1.19. The third kappa shape index (κ3) is 4.75. The Morgan fingerprint density at radius 1 is 1.55 bits per heavy atom. The zero-order valence-electron chi connectivity index (χ0n) is 7.16. The Bertz CT molecular complexity index is 125. The van der Waals surface area contributed by atoms with Crippen LogP contribution in [0, 0.1) is 5.92 Å². The molecule has 11 heavy (non-hydrogen) atoms. The first-order chi connectivity index (χ1) is 5.07. The van der Waals surface area contributed by atoms with Crippen LogP contribution in [0.2, 0.25) is 0 Å². The first-order valence-corrected chi connectivity index (χ1v) is 3.58. The van der Waals surface area contributed by atoms with Gasteiger partial charge >= 0.3 is 5.97 Å². The number of carbonyl (C=O) groups excluding carboxylic acids is 1. The zero-order chi connectivity index (χ0) is 8.85. The molecular weight excluding hydrogens is 146 g/mol. The van der Waals surface area contributed by atoms with Gasteiger partial charge in [0, 0.05) is 0 Å². The maximum absolute atomic E-state index is 10.8. The van der Waals surface area contributed by atoms with Crippen molar-refractivity contribution >= 4 is 5.97 Å². The van der Waals surface area contributed by atoms with E-state index in [2.05, 4.69) is 9.78 Å². The molecule has 0 aromatic carbocycles. The van der Waals surface area contributed by atoms with Crippen molar-refractivity contribution in [1.29, 1.82) is 0 Å². The predicted octanol–water partition coefficient (Wildman–Crippen LogP) is 0.464. The van der Waals surface area contributed by atoms with Gasteiger partial charge in [0.15, 0.2) is 0 Å². The largest absolute Gasteiger partial charge is 0.358 e. The van der Waals surface area contributed by atoms with Crippen molar-refractivity contribution in [1.82, 2.24) is 0 Å². The fourth-order valence-electron chi connectivity index (χ4n) is 0.748. The van der Waals surface area contributed by atoms with Crippen LogP contribution in [0.15, 0.2) is 0 Å². The minimum Gasteiger partial charge on any atom is -0.318 e. The van der Waals surface area contributed by atoms with Crippen LogP contribution >= 0.6 is 0 Å². The second kappa shape index (κ2) is 5.09. The summed E-state index contributed by atoms with van der Waals surface area (Å²) in [7, 11) is 1.28. The van der Waals surface area contributed by atoms with E-state index in [0.717, 1.165) is 0 Å². The number of hydrogen-bond donors (Lipinski definition) is 1. The molecule has 0 radical (unpaired) electrons. The van der Waals surface area contributed by atoms with Crippen LogP contribution in [-0.2, 0) is 14.6 Å². The standard InChI is InChI=1S/C7H15NO3/c1-5(2)4-6(8)7(9)11-10-3/h5-6H,4,8H2,1-3H3. The second-order valence-electron chi connectivity index (χ2n) is 2.81. The van der Waals surface area contributed by atoms with E-state index in [1.54, 1.807) is 0 Å². The van der Waals surface area contributed by atoms with E-state index < -0.39 is 12.0 Å². The van der Waals surface area contributed by atoms with Gasteiger partial charge < -0.3 is 5.73 Å². The molecule has 0 aliphatic rings. The fourth-order valence-corrected chi connectivity index (χ4v) is 0.748. The van der Waals surface area contributed by atoms with E-state index in [1.807, 2.05) is 13.8 Å². The Hall–Kier alpha value is -0.610. The van der Waals surface area contributed by atoms with Crippen molar-refractivity contribution < 1.29 is 14.6 Å². The quantitative estimate of drug-likeness (QED) is 0.480. The summed E-state index contributed by atoms with van der Waals surface area (Å²) in [5, 5.41) is 0. The van der Waals surface area contributed by atoms with Crippen LogP contribution in [0.25, 0.3) is 0 Å². The van der Waals surface area contributed by atoms with Gasteiger partial charge in [0.2, 0.25) is 0 Å². The number of hydrogen-bond acceptors (Lipinski definition) is 4. The SMILES string of the molecule is COOC(=O)C(N)CC(C)C. The van der Waals surface area contributed by atoms with Gasteiger partial charge in [-0.05, 0) is 12.3 Å². The maximum atomic E-state index is 10.8. The minimum absolute atomic E-state index is 0.384. The lowest BCUT2D eigenvalue weighted by Crippen LogP contribution is -2.33. The Balaban J connectivity index is 3.64. The lowest BCUT2D eigenvalue weighted by Gasteiger charge is -2.10. The fraction of sp³-hybridized carbons (Fsp3) is 0.857. The van der Waals surface area contributed by atoms with Crippen LogP contribution in [0.4, 0.5) is 0 Å². The minimum atomic E-state index is -0.574. The molecule has 0 saturated heterocycles. The van der Waals surface area contributed by atoms with E-state index in [9.17, 15) is 4.79 Å². The van der Waals surface area contributed by atoms with Crippen LogP contribution in [0.3, 0.4) is 0 Å². The van der Waals surface area contributed by atoms with Crippen LogP contribution in [0.5, 0.6) is 0 Å². The van der Waals surface area contributed by atoms with Crippen molar-refractivity contribution in [2.75, 3.05) is 7.11 Å². The van der Waals surface area contributed by atoms with Gasteiger partial charge in [-0.3, -0.25) is 4.89 Å². The molecule has 1 unspecified atom stereocenters. The summed E-state index contributed by atoms with van der Waals surface area (Å²) in [4.78, 5) is 19.2. The van der Waals surface area contributed by atoms with Crippen LogP contribution < -0.4 is 5.73 Å². The van der Waals surface area contributed by atoms with E-state index in [0.29, 0.717) is 12.3 Å². The van der Waals surface area contributed by atoms with E-state index in [-0.39, 0.29) is 0 Å². The van der Waals surface area contributed by atoms with Gasteiger partial charge in [-0.25, -0.2) is 4.79 Å². The molecule has 66 valence electrons. The molecule has 4 nitrogen and oxygen atoms in total. The summed E-state index contributed by atoms with van der Waals surface area (Å²) in [6, 6.07) is -0.574. The molecule has 4 heteroatoms. The first-order valence-electron chi connectivity index (χ1n) is 3.58. The van der Waals surface area contributed by atoms with E-state index >= 15 is 0 Å². The van der Waals surface area contributed by atoms with Gasteiger partial charge in [0.25, 0.3) is 0 Å². The average molecular weight is 161 g/mol. The highest BCUT2D eigenvalue weighted by atomic mass is 17.2. The highest BCUT2D eigenvalue weighted by Gasteiger charge is 2.16. The van der Waals surface area contributed by atoms with Crippen molar-refractivity contribution in [2.45, 2.75) is 26.3 Å². The monoisotopic (exact) mass is 161 g/mol. The molecule has 0 aromatic rings. The third-order valence-electron chi connectivity index (χ3n) is 1.19. The first kappa shape index (κ1) is 10.4. The predicted molar refractivity (Wildman–Crippen MR) is 40.5 cm³/mol. The molecule has 0 heterocycles. The molecule has 0 aliphatic carbocycles. The van der Waals surface area contributed by atoms with E-state index in [1.165, 1.54) is 7.11 Å². The van der Waals surface area contributed by atoms with E-state index in [4.69, 9.17) is 5.73 Å². The molecule has 0 aliphatic heterocycles. The topological polar surface area (TPSA) is 61.5 Å². The van der Waals surface area contributed by atoms with Crippen LogP contribution in [-0.4, -0.2) is 19.1 Å². The molecule has 0 rings (SSSR count). The Morgan fingerprint density at radius 2 is 2.09 bits per heavy atom. The summed E-state index contributed by atoms with van der Waals surface area (Å²) in [6.07, 6.45) is 0.613. The second-order valence-corrected chi connectivity index (χ2v) is 2.81. The Labute approximate surface area is 66.6 Å². The number of rotatable bonds is 4. The molecule has 1 atom stereocenters. The van der Waals surface area contributed by atoms with Gasteiger partial charge in [-0.15, -0.1) is 0 Å². The highest BCUT2D eigenvalue weighted by Crippen LogP contribution is 2.03. The van der Waals surface area contributed by atoms with Crippen molar-refractivity contribution in [2.24, 2.45) is 11.7 Å². The molecule has 0 spiro atoms. The molecular formula is C7H15NO3. The van der Waals surface area contributed by atoms with Crippen molar-refractivity contribution in [3.8, 4) is 0 Å². The smallest absolute Gasteiger partial charge is 0.318 e. The summed E-state index contributed by atoms with van der Waals surface area (Å²) in [5.74, 6) is -0.129. The maximum Gasteiger partial charge on any atom is 0.358 e. The van der Waals surface area contributed by atoms with Crippen molar-refractivity contribution in [3.63, 3.8) is 0 Å². The number of nitrogens with two attached hydrogens (primary N) is 1. The molecule has 0 fully saturated rings. The van der Waals surface area contributed by atoms with Gasteiger partial charge in [0.05, 0.1) is 7.11 Å². The molecule has 0 amide bonds. The summed E-state index contributed by atoms with van der Waals surface area (Å²) in [5.41, 5.74) is 5.45. The number of carbonyl (C=O) groups is 1. The Morgan fingerprint density at radius 3 is 2.45 bits per heavy atom. The normalized spacial score (nSPS) is 13.2. The summed E-state index contributed by atoms with van der Waals surface area (Å²) >= 11 is 0. The van der Waals surface area contributed by atoms with Gasteiger partial charge in [0.1, 0.15) is 6.04 Å². The summed E-state index contributed by atoms with van der Waals surface area (Å²) in [6.45, 7) is 3.97. The van der Waals surface area contributed by atoms with Gasteiger partial charge in [-0.1, -0.05) is 13.8 Å². The lowest BCUT2D eigenvalue weighted by molar-refractivity contribution is -0.256. The summed E-state index contributed by atoms with van der Waals surface area (Å²) < 4.78 is 0. The van der Waals surface area contributed by atoms with Crippen LogP contribution in [0.1, 0.15) is 20.3 Å². The molecule has 2 N–H and O–H groups in total. The van der Waals surface area contributed by atoms with Crippen molar-refractivity contribution in [3.05, 3.63) is 0 Å². The zero-order valence-corrected chi connectivity index (χ0v) is 7.16. The lowest BCUT2D eigenvalue weighted by atomic mass is 10.1.